The van der Waals surface area contributed by atoms with Crippen molar-refractivity contribution in [1.82, 2.24) is 4.98 Å². The SMILES string of the molecule is COc1ccc(C=Cc2cc(Cl)cc(Cl)c2)nc1C. The van der Waals surface area contributed by atoms with Gasteiger partial charge in [0.25, 0.3) is 0 Å². The summed E-state index contributed by atoms with van der Waals surface area (Å²) in [5.41, 5.74) is 2.65. The molecule has 4 heteroatoms. The first kappa shape index (κ1) is 13.9. The van der Waals surface area contributed by atoms with Crippen molar-refractivity contribution in [2.24, 2.45) is 0 Å². The molecule has 19 heavy (non-hydrogen) atoms. The van der Waals surface area contributed by atoms with Crippen LogP contribution < -0.4 is 4.74 Å². The van der Waals surface area contributed by atoms with Gasteiger partial charge in [0.15, 0.2) is 0 Å². The maximum absolute atomic E-state index is 5.95. The summed E-state index contributed by atoms with van der Waals surface area (Å²) in [5, 5.41) is 1.23. The zero-order valence-corrected chi connectivity index (χ0v) is 12.2. The Morgan fingerprint density at radius 1 is 1.05 bits per heavy atom. The molecule has 0 atom stereocenters. The molecule has 0 aliphatic carbocycles. The molecule has 0 unspecified atom stereocenters. The molecular formula is C15H13Cl2NO. The molecule has 0 radical (unpaired) electrons. The zero-order chi connectivity index (χ0) is 13.8. The van der Waals surface area contributed by atoms with Gasteiger partial charge in [-0.3, -0.25) is 0 Å². The van der Waals surface area contributed by atoms with E-state index < -0.39 is 0 Å². The molecule has 1 heterocycles. The lowest BCUT2D eigenvalue weighted by Gasteiger charge is -2.03. The van der Waals surface area contributed by atoms with Crippen LogP contribution in [0.4, 0.5) is 0 Å². The topological polar surface area (TPSA) is 22.1 Å². The number of benzene rings is 1. The van der Waals surface area contributed by atoms with E-state index in [1.165, 1.54) is 0 Å². The molecule has 0 aliphatic heterocycles. The number of ether oxygens (including phenoxy) is 1. The fourth-order valence-corrected chi connectivity index (χ4v) is 2.27. The van der Waals surface area contributed by atoms with Crippen molar-refractivity contribution >= 4 is 35.4 Å². The number of methoxy groups -OCH3 is 1. The van der Waals surface area contributed by atoms with Crippen LogP contribution in [0.15, 0.2) is 30.3 Å². The van der Waals surface area contributed by atoms with E-state index in [2.05, 4.69) is 4.98 Å². The number of aromatic nitrogens is 1. The Morgan fingerprint density at radius 2 is 1.74 bits per heavy atom. The third kappa shape index (κ3) is 3.72. The highest BCUT2D eigenvalue weighted by atomic mass is 35.5. The molecule has 2 aromatic rings. The van der Waals surface area contributed by atoms with E-state index in [9.17, 15) is 0 Å². The average Bonchev–Trinajstić information content (AvgIpc) is 2.35. The second-order valence-electron chi connectivity index (χ2n) is 4.06. The van der Waals surface area contributed by atoms with Gasteiger partial charge < -0.3 is 4.74 Å². The summed E-state index contributed by atoms with van der Waals surface area (Å²) in [5.74, 6) is 0.781. The van der Waals surface area contributed by atoms with Crippen LogP contribution >= 0.6 is 23.2 Å². The van der Waals surface area contributed by atoms with Crippen molar-refractivity contribution in [3.05, 3.63) is 57.3 Å². The van der Waals surface area contributed by atoms with Crippen molar-refractivity contribution in [2.45, 2.75) is 6.92 Å². The van der Waals surface area contributed by atoms with Crippen molar-refractivity contribution in [3.8, 4) is 5.75 Å². The van der Waals surface area contributed by atoms with Gasteiger partial charge in [-0.25, -0.2) is 4.98 Å². The van der Waals surface area contributed by atoms with Gasteiger partial charge in [0, 0.05) is 10.0 Å². The third-order valence-corrected chi connectivity index (χ3v) is 3.05. The lowest BCUT2D eigenvalue weighted by atomic mass is 10.2. The van der Waals surface area contributed by atoms with Crippen LogP contribution in [0.25, 0.3) is 12.2 Å². The normalized spacial score (nSPS) is 10.9. The fraction of sp³-hybridized carbons (Fsp3) is 0.133. The molecule has 0 saturated carbocycles. The summed E-state index contributed by atoms with van der Waals surface area (Å²) < 4.78 is 5.17. The van der Waals surface area contributed by atoms with E-state index in [1.54, 1.807) is 13.2 Å². The van der Waals surface area contributed by atoms with Crippen molar-refractivity contribution in [2.75, 3.05) is 7.11 Å². The van der Waals surface area contributed by atoms with Gasteiger partial charge >= 0.3 is 0 Å². The maximum Gasteiger partial charge on any atom is 0.140 e. The van der Waals surface area contributed by atoms with Crippen LogP contribution in [0.1, 0.15) is 17.0 Å². The van der Waals surface area contributed by atoms with Gasteiger partial charge in [0.05, 0.1) is 18.5 Å². The minimum Gasteiger partial charge on any atom is -0.495 e. The van der Waals surface area contributed by atoms with E-state index in [-0.39, 0.29) is 0 Å². The van der Waals surface area contributed by atoms with Crippen LogP contribution in [-0.4, -0.2) is 12.1 Å². The van der Waals surface area contributed by atoms with E-state index in [4.69, 9.17) is 27.9 Å². The number of halogens is 2. The molecule has 2 nitrogen and oxygen atoms in total. The number of hydrogen-bond donors (Lipinski definition) is 0. The average molecular weight is 294 g/mol. The quantitative estimate of drug-likeness (QED) is 0.805. The largest absolute Gasteiger partial charge is 0.495 e. The van der Waals surface area contributed by atoms with Gasteiger partial charge in [0.1, 0.15) is 5.75 Å². The van der Waals surface area contributed by atoms with E-state index in [0.29, 0.717) is 10.0 Å². The predicted molar refractivity (Wildman–Crippen MR) is 80.9 cm³/mol. The molecule has 2 rings (SSSR count). The fourth-order valence-electron chi connectivity index (χ4n) is 1.73. The highest BCUT2D eigenvalue weighted by Crippen LogP contribution is 2.21. The molecular weight excluding hydrogens is 281 g/mol. The number of pyridine rings is 1. The number of hydrogen-bond acceptors (Lipinski definition) is 2. The van der Waals surface area contributed by atoms with Gasteiger partial charge in [-0.2, -0.15) is 0 Å². The Labute approximate surface area is 122 Å². The van der Waals surface area contributed by atoms with Gasteiger partial charge in [0.2, 0.25) is 0 Å². The molecule has 0 spiro atoms. The third-order valence-electron chi connectivity index (χ3n) is 2.61. The highest BCUT2D eigenvalue weighted by Gasteiger charge is 1.99. The van der Waals surface area contributed by atoms with Crippen LogP contribution in [-0.2, 0) is 0 Å². The van der Waals surface area contributed by atoms with Crippen LogP contribution in [0.3, 0.4) is 0 Å². The first-order valence-corrected chi connectivity index (χ1v) is 6.50. The number of rotatable bonds is 3. The van der Waals surface area contributed by atoms with E-state index in [1.807, 2.05) is 43.3 Å². The van der Waals surface area contributed by atoms with Gasteiger partial charge in [-0.05, 0) is 48.9 Å². The molecule has 0 N–H and O–H groups in total. The lowest BCUT2D eigenvalue weighted by molar-refractivity contribution is 0.409. The Hall–Kier alpha value is -1.51. The summed E-state index contributed by atoms with van der Waals surface area (Å²) in [6.45, 7) is 1.91. The molecule has 1 aromatic carbocycles. The zero-order valence-electron chi connectivity index (χ0n) is 10.7. The summed E-state index contributed by atoms with van der Waals surface area (Å²) in [6.07, 6.45) is 3.83. The monoisotopic (exact) mass is 293 g/mol. The maximum atomic E-state index is 5.95. The second-order valence-corrected chi connectivity index (χ2v) is 4.93. The molecule has 0 bridgehead atoms. The van der Waals surface area contributed by atoms with Crippen LogP contribution in [0, 0.1) is 6.92 Å². The van der Waals surface area contributed by atoms with Crippen LogP contribution in [0.2, 0.25) is 10.0 Å². The molecule has 0 amide bonds. The van der Waals surface area contributed by atoms with E-state index in [0.717, 1.165) is 22.7 Å². The Bertz CT molecular complexity index is 603. The summed E-state index contributed by atoms with van der Waals surface area (Å²) in [7, 11) is 1.63. The summed E-state index contributed by atoms with van der Waals surface area (Å²) in [4.78, 5) is 4.43. The highest BCUT2D eigenvalue weighted by molar-refractivity contribution is 6.34. The first-order chi connectivity index (χ1) is 9.08. The van der Waals surface area contributed by atoms with Gasteiger partial charge in [-0.1, -0.05) is 29.3 Å². The van der Waals surface area contributed by atoms with E-state index >= 15 is 0 Å². The molecule has 0 saturated heterocycles. The van der Waals surface area contributed by atoms with Gasteiger partial charge in [-0.15, -0.1) is 0 Å². The van der Waals surface area contributed by atoms with Crippen LogP contribution in [0.5, 0.6) is 5.75 Å². The second kappa shape index (κ2) is 6.09. The summed E-state index contributed by atoms with van der Waals surface area (Å²) >= 11 is 11.9. The lowest BCUT2D eigenvalue weighted by Crippen LogP contribution is -1.91. The number of aryl methyl sites for hydroxylation is 1. The minimum atomic E-state index is 0.617. The summed E-state index contributed by atoms with van der Waals surface area (Å²) in [6, 6.07) is 9.19. The minimum absolute atomic E-state index is 0.617. The Balaban J connectivity index is 2.24. The predicted octanol–water partition coefficient (Wildman–Crippen LogP) is 4.88. The van der Waals surface area contributed by atoms with Crippen molar-refractivity contribution in [3.63, 3.8) is 0 Å². The standard InChI is InChI=1S/C15H13Cl2NO/c1-10-15(19-2)6-5-14(18-10)4-3-11-7-12(16)9-13(17)8-11/h3-9H,1-2H3. The molecule has 0 aliphatic rings. The smallest absolute Gasteiger partial charge is 0.140 e. The van der Waals surface area contributed by atoms with Crippen molar-refractivity contribution in [1.29, 1.82) is 0 Å². The molecule has 98 valence electrons. The Morgan fingerprint density at radius 3 is 2.32 bits per heavy atom. The first-order valence-electron chi connectivity index (χ1n) is 5.74. The van der Waals surface area contributed by atoms with Crippen molar-refractivity contribution < 1.29 is 4.74 Å². The molecule has 0 fully saturated rings. The Kier molecular flexibility index (Phi) is 4.46. The molecule has 1 aromatic heterocycles. The number of nitrogens with zero attached hydrogens (tertiary/aromatic N) is 1.